The van der Waals surface area contributed by atoms with Crippen LogP contribution in [0.2, 0.25) is 0 Å². The van der Waals surface area contributed by atoms with E-state index in [0.29, 0.717) is 19.7 Å². The molecule has 0 aliphatic carbocycles. The van der Waals surface area contributed by atoms with Crippen molar-refractivity contribution in [1.82, 2.24) is 10.2 Å². The van der Waals surface area contributed by atoms with E-state index in [4.69, 9.17) is 10.5 Å². The van der Waals surface area contributed by atoms with E-state index in [1.807, 2.05) is 0 Å². The van der Waals surface area contributed by atoms with E-state index >= 15 is 0 Å². The number of morpholine rings is 1. The summed E-state index contributed by atoms with van der Waals surface area (Å²) in [7, 11) is 0. The maximum Gasteiger partial charge on any atom is 0.253 e. The van der Waals surface area contributed by atoms with Crippen molar-refractivity contribution in [2.24, 2.45) is 5.73 Å². The number of piperidine rings is 1. The van der Waals surface area contributed by atoms with Crippen molar-refractivity contribution in [1.29, 1.82) is 0 Å². The molecule has 0 aromatic rings. The van der Waals surface area contributed by atoms with E-state index in [9.17, 15) is 9.59 Å². The fraction of sp³-hybridized carbons (Fsp3) is 0.833. The zero-order valence-electron chi connectivity index (χ0n) is 10.6. The monoisotopic (exact) mass is 255 g/mol. The minimum absolute atomic E-state index is 0.00634. The lowest BCUT2D eigenvalue weighted by atomic mass is 9.98. The number of nitrogens with one attached hydrogen (secondary N) is 1. The molecule has 2 atom stereocenters. The molecule has 3 N–H and O–H groups in total. The second kappa shape index (κ2) is 6.15. The molecule has 2 saturated heterocycles. The smallest absolute Gasteiger partial charge is 0.253 e. The van der Waals surface area contributed by atoms with Crippen molar-refractivity contribution in [3.63, 3.8) is 0 Å². The molecule has 0 aromatic carbocycles. The average Bonchev–Trinajstić information content (AvgIpc) is 2.39. The third kappa shape index (κ3) is 3.20. The topological polar surface area (TPSA) is 84.7 Å². The lowest BCUT2D eigenvalue weighted by Crippen LogP contribution is -2.54. The number of amides is 2. The Labute approximate surface area is 107 Å². The normalized spacial score (nSPS) is 29.0. The zero-order chi connectivity index (χ0) is 13.0. The summed E-state index contributed by atoms with van der Waals surface area (Å²) in [5, 5.41) is 3.15. The van der Waals surface area contributed by atoms with Crippen LogP contribution < -0.4 is 11.1 Å². The molecular weight excluding hydrogens is 234 g/mol. The maximum atomic E-state index is 12.4. The number of nitrogens with zero attached hydrogens (tertiary/aromatic N) is 1. The van der Waals surface area contributed by atoms with Crippen LogP contribution in [0.25, 0.3) is 0 Å². The zero-order valence-corrected chi connectivity index (χ0v) is 10.6. The third-order valence-corrected chi connectivity index (χ3v) is 3.55. The van der Waals surface area contributed by atoms with Gasteiger partial charge >= 0.3 is 0 Å². The number of rotatable bonds is 3. The first kappa shape index (κ1) is 13.3. The van der Waals surface area contributed by atoms with Crippen molar-refractivity contribution in [3.05, 3.63) is 0 Å². The van der Waals surface area contributed by atoms with Crippen LogP contribution in [0, 0.1) is 0 Å². The highest BCUT2D eigenvalue weighted by Gasteiger charge is 2.33. The highest BCUT2D eigenvalue weighted by atomic mass is 16.5. The molecule has 0 aromatic heterocycles. The molecule has 0 spiro atoms. The minimum Gasteiger partial charge on any atom is -0.370 e. The molecule has 2 aliphatic rings. The van der Waals surface area contributed by atoms with E-state index < -0.39 is 6.10 Å². The van der Waals surface area contributed by atoms with Crippen molar-refractivity contribution >= 4 is 11.8 Å². The molecule has 18 heavy (non-hydrogen) atoms. The van der Waals surface area contributed by atoms with Gasteiger partial charge in [-0.2, -0.15) is 0 Å². The molecule has 6 heteroatoms. The summed E-state index contributed by atoms with van der Waals surface area (Å²) in [4.78, 5) is 25.2. The Morgan fingerprint density at radius 1 is 1.39 bits per heavy atom. The summed E-state index contributed by atoms with van der Waals surface area (Å²) in [6.45, 7) is 2.61. The Morgan fingerprint density at radius 3 is 2.89 bits per heavy atom. The summed E-state index contributed by atoms with van der Waals surface area (Å²) in [5.74, 6) is -0.351. The summed E-state index contributed by atoms with van der Waals surface area (Å²) < 4.78 is 5.48. The van der Waals surface area contributed by atoms with Gasteiger partial charge in [0.15, 0.2) is 0 Å². The molecule has 2 fully saturated rings. The van der Waals surface area contributed by atoms with Gasteiger partial charge in [0.1, 0.15) is 6.10 Å². The molecule has 2 rings (SSSR count). The third-order valence-electron chi connectivity index (χ3n) is 3.55. The van der Waals surface area contributed by atoms with Crippen LogP contribution in [0.5, 0.6) is 0 Å². The van der Waals surface area contributed by atoms with Crippen LogP contribution in [0.1, 0.15) is 25.7 Å². The number of hydrogen-bond donors (Lipinski definition) is 2. The van der Waals surface area contributed by atoms with E-state index in [-0.39, 0.29) is 24.3 Å². The number of carbonyl (C=O) groups excluding carboxylic acids is 2. The summed E-state index contributed by atoms with van der Waals surface area (Å²) in [6, 6.07) is -0.0470. The largest absolute Gasteiger partial charge is 0.370 e. The molecule has 0 saturated carbocycles. The van der Waals surface area contributed by atoms with Crippen molar-refractivity contribution < 1.29 is 14.3 Å². The molecule has 102 valence electrons. The van der Waals surface area contributed by atoms with E-state index in [0.717, 1.165) is 25.8 Å². The van der Waals surface area contributed by atoms with Crippen LogP contribution in [0.4, 0.5) is 0 Å². The fourth-order valence-electron chi connectivity index (χ4n) is 2.64. The van der Waals surface area contributed by atoms with Crippen LogP contribution in [-0.2, 0) is 14.3 Å². The second-order valence-electron chi connectivity index (χ2n) is 4.92. The summed E-state index contributed by atoms with van der Waals surface area (Å²) in [5.41, 5.74) is 5.24. The lowest BCUT2D eigenvalue weighted by Gasteiger charge is -2.38. The van der Waals surface area contributed by atoms with Gasteiger partial charge in [-0.3, -0.25) is 9.59 Å². The van der Waals surface area contributed by atoms with Gasteiger partial charge in [-0.25, -0.2) is 0 Å². The standard InChI is InChI=1S/C12H21N3O3/c13-11(16)7-9-3-1-2-5-15(9)12(17)10-8-14-4-6-18-10/h9-10,14H,1-8H2,(H2,13,16)/t9-,10+/m0/s1. The van der Waals surface area contributed by atoms with Crippen LogP contribution in [0.3, 0.4) is 0 Å². The Hall–Kier alpha value is -1.14. The van der Waals surface area contributed by atoms with Crippen molar-refractivity contribution in [3.8, 4) is 0 Å². The average molecular weight is 255 g/mol. The first-order valence-electron chi connectivity index (χ1n) is 6.59. The van der Waals surface area contributed by atoms with Gasteiger partial charge in [-0.1, -0.05) is 0 Å². The van der Waals surface area contributed by atoms with Crippen LogP contribution in [0.15, 0.2) is 0 Å². The molecule has 0 radical (unpaired) electrons. The van der Waals surface area contributed by atoms with Crippen LogP contribution in [-0.4, -0.2) is 55.1 Å². The van der Waals surface area contributed by atoms with Crippen LogP contribution >= 0.6 is 0 Å². The van der Waals surface area contributed by atoms with E-state index in [1.54, 1.807) is 4.90 Å². The minimum atomic E-state index is -0.410. The summed E-state index contributed by atoms with van der Waals surface area (Å²) in [6.07, 6.45) is 2.74. The van der Waals surface area contributed by atoms with Gasteiger partial charge in [0, 0.05) is 32.1 Å². The molecule has 2 heterocycles. The van der Waals surface area contributed by atoms with Gasteiger partial charge in [-0.05, 0) is 19.3 Å². The van der Waals surface area contributed by atoms with E-state index in [2.05, 4.69) is 5.32 Å². The predicted molar refractivity (Wildman–Crippen MR) is 65.8 cm³/mol. The highest BCUT2D eigenvalue weighted by Crippen LogP contribution is 2.21. The van der Waals surface area contributed by atoms with Gasteiger partial charge < -0.3 is 20.7 Å². The Kier molecular flexibility index (Phi) is 4.54. The molecule has 2 amide bonds. The predicted octanol–water partition coefficient (Wildman–Crippen LogP) is -0.769. The molecule has 6 nitrogen and oxygen atoms in total. The van der Waals surface area contributed by atoms with Crippen molar-refractivity contribution in [2.75, 3.05) is 26.2 Å². The first-order valence-corrected chi connectivity index (χ1v) is 6.59. The summed E-state index contributed by atoms with van der Waals surface area (Å²) >= 11 is 0. The van der Waals surface area contributed by atoms with Gasteiger partial charge in [0.05, 0.1) is 6.61 Å². The van der Waals surface area contributed by atoms with Gasteiger partial charge in [0.2, 0.25) is 5.91 Å². The Morgan fingerprint density at radius 2 is 2.22 bits per heavy atom. The second-order valence-corrected chi connectivity index (χ2v) is 4.92. The maximum absolute atomic E-state index is 12.4. The van der Waals surface area contributed by atoms with Gasteiger partial charge in [-0.15, -0.1) is 0 Å². The molecular formula is C12H21N3O3. The van der Waals surface area contributed by atoms with Crippen molar-refractivity contribution in [2.45, 2.75) is 37.8 Å². The SMILES string of the molecule is NC(=O)C[C@@H]1CCCCN1C(=O)[C@H]1CNCCO1. The number of primary amides is 1. The Bertz CT molecular complexity index is 316. The number of likely N-dealkylation sites (tertiary alicyclic amines) is 1. The number of hydrogen-bond acceptors (Lipinski definition) is 4. The number of ether oxygens (including phenoxy) is 1. The van der Waals surface area contributed by atoms with Gasteiger partial charge in [0.25, 0.3) is 5.91 Å². The molecule has 0 unspecified atom stereocenters. The quantitative estimate of drug-likeness (QED) is 0.693. The first-order chi connectivity index (χ1) is 8.68. The van der Waals surface area contributed by atoms with E-state index in [1.165, 1.54) is 0 Å². The fourth-order valence-corrected chi connectivity index (χ4v) is 2.64. The number of carbonyl (C=O) groups is 2. The lowest BCUT2D eigenvalue weighted by molar-refractivity contribution is -0.149. The molecule has 2 aliphatic heterocycles. The highest BCUT2D eigenvalue weighted by molar-refractivity contribution is 5.83. The Balaban J connectivity index is 1.98. The number of nitrogens with two attached hydrogens (primary N) is 1. The molecule has 0 bridgehead atoms.